The number of ether oxygens (including phenoxy) is 1. The van der Waals surface area contributed by atoms with Crippen molar-refractivity contribution in [2.75, 3.05) is 24.2 Å². The summed E-state index contributed by atoms with van der Waals surface area (Å²) in [6.45, 7) is 2.03. The van der Waals surface area contributed by atoms with Crippen molar-refractivity contribution in [1.82, 2.24) is 4.98 Å². The molecule has 2 aliphatic heterocycles. The molecular formula is C15H16N2O3S2. The highest BCUT2D eigenvalue weighted by Gasteiger charge is 2.26. The molecule has 2 aromatic rings. The number of aryl methyl sites for hydroxylation is 1. The summed E-state index contributed by atoms with van der Waals surface area (Å²) in [6.07, 6.45) is 0.526. The van der Waals surface area contributed by atoms with E-state index < -0.39 is 9.84 Å². The summed E-state index contributed by atoms with van der Waals surface area (Å²) in [6, 6.07) is 6.09. The molecule has 0 radical (unpaired) electrons. The zero-order valence-electron chi connectivity index (χ0n) is 12.0. The second-order valence-electron chi connectivity index (χ2n) is 5.54. The van der Waals surface area contributed by atoms with Gasteiger partial charge >= 0.3 is 0 Å². The molecule has 0 saturated heterocycles. The number of hydrogen-bond acceptors (Lipinski definition) is 6. The van der Waals surface area contributed by atoms with Crippen molar-refractivity contribution in [2.45, 2.75) is 18.8 Å². The van der Waals surface area contributed by atoms with E-state index in [4.69, 9.17) is 9.72 Å². The van der Waals surface area contributed by atoms with Gasteiger partial charge in [-0.05, 0) is 6.07 Å². The molecule has 0 amide bonds. The van der Waals surface area contributed by atoms with Crippen molar-refractivity contribution in [1.29, 1.82) is 0 Å². The molecule has 116 valence electrons. The predicted octanol–water partition coefficient (Wildman–Crippen LogP) is 2.22. The molecule has 2 aliphatic rings. The average Bonchev–Trinajstić information content (AvgIpc) is 2.73. The Kier molecular flexibility index (Phi) is 3.43. The fourth-order valence-electron chi connectivity index (χ4n) is 2.87. The molecule has 1 aromatic heterocycles. The van der Waals surface area contributed by atoms with Crippen LogP contribution in [0.1, 0.15) is 16.1 Å². The molecule has 4 rings (SSSR count). The van der Waals surface area contributed by atoms with Gasteiger partial charge in [-0.15, -0.1) is 11.3 Å². The average molecular weight is 336 g/mol. The molecular weight excluding hydrogens is 320 g/mol. The Hall–Kier alpha value is -1.44. The summed E-state index contributed by atoms with van der Waals surface area (Å²) >= 11 is 1.50. The van der Waals surface area contributed by atoms with Crippen LogP contribution in [-0.2, 0) is 33.4 Å². The van der Waals surface area contributed by atoms with Gasteiger partial charge in [0.05, 0.1) is 30.4 Å². The minimum atomic E-state index is -2.95. The Bertz CT molecular complexity index is 827. The number of aromatic nitrogens is 1. The quantitative estimate of drug-likeness (QED) is 0.865. The minimum Gasteiger partial charge on any atom is -0.382 e. The van der Waals surface area contributed by atoms with Gasteiger partial charge in [0.1, 0.15) is 5.01 Å². The third-order valence-electron chi connectivity index (χ3n) is 3.99. The first-order chi connectivity index (χ1) is 10.6. The van der Waals surface area contributed by atoms with Crippen molar-refractivity contribution in [3.05, 3.63) is 34.3 Å². The lowest BCUT2D eigenvalue weighted by atomic mass is 10.1. The van der Waals surface area contributed by atoms with Gasteiger partial charge in [0, 0.05) is 34.7 Å². The van der Waals surface area contributed by atoms with Crippen LogP contribution in [0.15, 0.2) is 18.2 Å². The number of thiazole rings is 1. The van der Waals surface area contributed by atoms with E-state index in [2.05, 4.69) is 5.32 Å². The molecule has 1 aromatic carbocycles. The number of sulfone groups is 1. The molecule has 3 heterocycles. The lowest BCUT2D eigenvalue weighted by Crippen LogP contribution is -2.17. The Labute approximate surface area is 133 Å². The van der Waals surface area contributed by atoms with Crippen LogP contribution in [0.25, 0.3) is 10.6 Å². The van der Waals surface area contributed by atoms with Crippen LogP contribution < -0.4 is 5.32 Å². The smallest absolute Gasteiger partial charge is 0.155 e. The SMILES string of the molecule is O=S1(=O)CCc2nc(-c3cccc4c3COCCN4)sc2C1. The summed E-state index contributed by atoms with van der Waals surface area (Å²) < 4.78 is 29.2. The molecule has 5 nitrogen and oxygen atoms in total. The first-order valence-corrected chi connectivity index (χ1v) is 9.89. The molecule has 0 bridgehead atoms. The van der Waals surface area contributed by atoms with Gasteiger partial charge in [0.2, 0.25) is 0 Å². The largest absolute Gasteiger partial charge is 0.382 e. The van der Waals surface area contributed by atoms with E-state index in [-0.39, 0.29) is 11.5 Å². The Morgan fingerprint density at radius 2 is 2.23 bits per heavy atom. The summed E-state index contributed by atoms with van der Waals surface area (Å²) in [5.41, 5.74) is 4.17. The number of rotatable bonds is 1. The van der Waals surface area contributed by atoms with Crippen molar-refractivity contribution < 1.29 is 13.2 Å². The zero-order valence-corrected chi connectivity index (χ0v) is 13.6. The minimum absolute atomic E-state index is 0.129. The van der Waals surface area contributed by atoms with Crippen molar-refractivity contribution in [3.63, 3.8) is 0 Å². The van der Waals surface area contributed by atoms with Crippen LogP contribution in [0, 0.1) is 0 Å². The topological polar surface area (TPSA) is 68.3 Å². The molecule has 0 fully saturated rings. The van der Waals surface area contributed by atoms with E-state index in [1.165, 1.54) is 11.3 Å². The third kappa shape index (κ3) is 2.53. The van der Waals surface area contributed by atoms with Crippen LogP contribution in [0.2, 0.25) is 0 Å². The first kappa shape index (κ1) is 14.2. The van der Waals surface area contributed by atoms with Crippen molar-refractivity contribution in [2.24, 2.45) is 0 Å². The third-order valence-corrected chi connectivity index (χ3v) is 6.86. The highest BCUT2D eigenvalue weighted by atomic mass is 32.2. The van der Waals surface area contributed by atoms with Crippen LogP contribution >= 0.6 is 11.3 Å². The Balaban J connectivity index is 1.79. The van der Waals surface area contributed by atoms with Gasteiger partial charge in [0.25, 0.3) is 0 Å². The Morgan fingerprint density at radius 3 is 3.14 bits per heavy atom. The molecule has 22 heavy (non-hydrogen) atoms. The van der Waals surface area contributed by atoms with Crippen LogP contribution in [0.5, 0.6) is 0 Å². The van der Waals surface area contributed by atoms with Crippen molar-refractivity contribution >= 4 is 26.9 Å². The lowest BCUT2D eigenvalue weighted by Gasteiger charge is -2.10. The maximum atomic E-state index is 11.8. The second kappa shape index (κ2) is 5.33. The van der Waals surface area contributed by atoms with Crippen LogP contribution in [0.3, 0.4) is 0 Å². The van der Waals surface area contributed by atoms with E-state index in [1.807, 2.05) is 18.2 Å². The van der Waals surface area contributed by atoms with E-state index in [0.717, 1.165) is 38.9 Å². The normalized spacial score (nSPS) is 19.6. The number of fused-ring (bicyclic) bond motifs is 2. The Morgan fingerprint density at radius 1 is 1.32 bits per heavy atom. The van der Waals surface area contributed by atoms with E-state index in [0.29, 0.717) is 19.6 Å². The van der Waals surface area contributed by atoms with Crippen LogP contribution in [-0.4, -0.2) is 32.3 Å². The molecule has 0 spiro atoms. The number of nitrogens with one attached hydrogen (secondary N) is 1. The number of benzene rings is 1. The highest BCUT2D eigenvalue weighted by Crippen LogP contribution is 2.37. The first-order valence-electron chi connectivity index (χ1n) is 7.25. The molecule has 0 unspecified atom stereocenters. The number of nitrogens with zero attached hydrogens (tertiary/aromatic N) is 1. The standard InChI is InChI=1S/C15H16N2O3S2/c18-22(19)7-4-13-14(9-22)21-15(17-13)10-2-1-3-12-11(10)8-20-6-5-16-12/h1-3,16H,4-9H2. The lowest BCUT2D eigenvalue weighted by molar-refractivity contribution is 0.135. The van der Waals surface area contributed by atoms with Crippen molar-refractivity contribution in [3.8, 4) is 10.6 Å². The maximum absolute atomic E-state index is 11.8. The highest BCUT2D eigenvalue weighted by molar-refractivity contribution is 7.90. The molecule has 7 heteroatoms. The number of anilines is 1. The molecule has 1 N–H and O–H groups in total. The van der Waals surface area contributed by atoms with Gasteiger partial charge in [0.15, 0.2) is 9.84 Å². The van der Waals surface area contributed by atoms with Crippen LogP contribution in [0.4, 0.5) is 5.69 Å². The van der Waals surface area contributed by atoms with E-state index >= 15 is 0 Å². The van der Waals surface area contributed by atoms with E-state index in [9.17, 15) is 8.42 Å². The fourth-order valence-corrected chi connectivity index (χ4v) is 5.82. The molecule has 0 saturated carbocycles. The van der Waals surface area contributed by atoms with Gasteiger partial charge < -0.3 is 10.1 Å². The summed E-state index contributed by atoms with van der Waals surface area (Å²) in [4.78, 5) is 5.59. The number of hydrogen-bond donors (Lipinski definition) is 1. The second-order valence-corrected chi connectivity index (χ2v) is 8.81. The fraction of sp³-hybridized carbons (Fsp3) is 0.400. The zero-order chi connectivity index (χ0) is 15.2. The summed E-state index contributed by atoms with van der Waals surface area (Å²) in [7, 11) is -2.95. The van der Waals surface area contributed by atoms with Gasteiger partial charge in [-0.1, -0.05) is 12.1 Å². The van der Waals surface area contributed by atoms with Gasteiger partial charge in [-0.25, -0.2) is 13.4 Å². The predicted molar refractivity (Wildman–Crippen MR) is 86.9 cm³/mol. The monoisotopic (exact) mass is 336 g/mol. The van der Waals surface area contributed by atoms with Gasteiger partial charge in [-0.3, -0.25) is 0 Å². The summed E-state index contributed by atoms with van der Waals surface area (Å²) in [5, 5.41) is 4.26. The maximum Gasteiger partial charge on any atom is 0.155 e. The van der Waals surface area contributed by atoms with E-state index in [1.54, 1.807) is 0 Å². The molecule has 0 atom stereocenters. The molecule has 0 aliphatic carbocycles. The summed E-state index contributed by atoms with van der Waals surface area (Å²) in [5.74, 6) is 0.338. The van der Waals surface area contributed by atoms with Gasteiger partial charge in [-0.2, -0.15) is 0 Å².